The summed E-state index contributed by atoms with van der Waals surface area (Å²) in [6.07, 6.45) is 1.00. The number of nitrogen functional groups attached to an aromatic ring is 1. The Hall–Kier alpha value is -1.92. The van der Waals surface area contributed by atoms with E-state index in [2.05, 4.69) is 22.2 Å². The maximum absolute atomic E-state index is 10.9. The van der Waals surface area contributed by atoms with E-state index in [-0.39, 0.29) is 29.2 Å². The maximum Gasteiger partial charge on any atom is 0.332 e. The fraction of sp³-hybridized carbons (Fsp3) is 0.556. The van der Waals surface area contributed by atoms with Crippen LogP contribution < -0.4 is 11.1 Å². The van der Waals surface area contributed by atoms with Gasteiger partial charge >= 0.3 is 5.69 Å². The third kappa shape index (κ3) is 1.88. The molecule has 2 unspecified atom stereocenters. The molecule has 0 radical (unpaired) electrons. The molecule has 1 saturated carbocycles. The van der Waals surface area contributed by atoms with Gasteiger partial charge in [0, 0.05) is 6.04 Å². The number of aromatic nitrogens is 2. The van der Waals surface area contributed by atoms with Crippen molar-refractivity contribution in [1.82, 2.24) is 9.97 Å². The van der Waals surface area contributed by atoms with Crippen LogP contribution in [0.2, 0.25) is 0 Å². The predicted molar refractivity (Wildman–Crippen MR) is 59.0 cm³/mol. The Labute approximate surface area is 92.2 Å². The highest BCUT2D eigenvalue weighted by molar-refractivity contribution is 5.61. The minimum atomic E-state index is -0.482. The summed E-state index contributed by atoms with van der Waals surface area (Å²) < 4.78 is 0. The Balaban J connectivity index is 2.36. The van der Waals surface area contributed by atoms with Gasteiger partial charge in [-0.05, 0) is 19.3 Å². The van der Waals surface area contributed by atoms with Crippen LogP contribution >= 0.6 is 0 Å². The second kappa shape index (κ2) is 3.58. The van der Waals surface area contributed by atoms with E-state index < -0.39 is 4.92 Å². The molecule has 0 saturated heterocycles. The highest BCUT2D eigenvalue weighted by Gasteiger charge is 2.35. The Bertz CT molecular complexity index is 448. The minimum Gasteiger partial charge on any atom is -0.368 e. The molecule has 1 heterocycles. The molecule has 3 N–H and O–H groups in total. The first-order valence-electron chi connectivity index (χ1n) is 5.04. The number of aryl methyl sites for hydroxylation is 1. The Kier molecular flexibility index (Phi) is 2.37. The normalized spacial score (nSPS) is 22.9. The van der Waals surface area contributed by atoms with Crippen molar-refractivity contribution in [3.8, 4) is 0 Å². The predicted octanol–water partition coefficient (Wildman–Crippen LogP) is 1.10. The van der Waals surface area contributed by atoms with Gasteiger partial charge in [0.25, 0.3) is 0 Å². The molecule has 0 spiro atoms. The van der Waals surface area contributed by atoms with Gasteiger partial charge in [-0.2, -0.15) is 4.98 Å². The summed E-state index contributed by atoms with van der Waals surface area (Å²) in [7, 11) is 0. The van der Waals surface area contributed by atoms with E-state index in [0.717, 1.165) is 6.42 Å². The highest BCUT2D eigenvalue weighted by Crippen LogP contribution is 2.35. The first-order valence-corrected chi connectivity index (χ1v) is 5.04. The molecule has 1 fully saturated rings. The molecule has 1 aromatic heterocycles. The van der Waals surface area contributed by atoms with Crippen molar-refractivity contribution in [3.05, 3.63) is 15.8 Å². The first-order chi connectivity index (χ1) is 7.49. The lowest BCUT2D eigenvalue weighted by Crippen LogP contribution is -2.11. The molecule has 0 bridgehead atoms. The Morgan fingerprint density at radius 1 is 1.56 bits per heavy atom. The van der Waals surface area contributed by atoms with Crippen molar-refractivity contribution >= 4 is 17.5 Å². The third-order valence-electron chi connectivity index (χ3n) is 2.69. The lowest BCUT2D eigenvalue weighted by Gasteiger charge is -2.07. The van der Waals surface area contributed by atoms with Crippen LogP contribution in [0.15, 0.2) is 0 Å². The summed E-state index contributed by atoms with van der Waals surface area (Å²) >= 11 is 0. The maximum atomic E-state index is 10.9. The molecule has 1 aliphatic rings. The van der Waals surface area contributed by atoms with Crippen LogP contribution in [0.1, 0.15) is 19.0 Å². The number of nitrogens with zero attached hydrogens (tertiary/aromatic N) is 3. The van der Waals surface area contributed by atoms with Gasteiger partial charge in [-0.3, -0.25) is 10.1 Å². The van der Waals surface area contributed by atoms with Gasteiger partial charge in [0.2, 0.25) is 11.8 Å². The van der Waals surface area contributed by atoms with E-state index >= 15 is 0 Å². The first kappa shape index (κ1) is 10.6. The van der Waals surface area contributed by atoms with E-state index in [1.54, 1.807) is 6.92 Å². The van der Waals surface area contributed by atoms with Gasteiger partial charge in [-0.1, -0.05) is 6.92 Å². The van der Waals surface area contributed by atoms with Gasteiger partial charge < -0.3 is 11.1 Å². The second-order valence-corrected chi connectivity index (χ2v) is 4.09. The van der Waals surface area contributed by atoms with Crippen LogP contribution in [0.5, 0.6) is 0 Å². The molecule has 86 valence electrons. The summed E-state index contributed by atoms with van der Waals surface area (Å²) in [6, 6.07) is 0.257. The van der Waals surface area contributed by atoms with E-state index in [0.29, 0.717) is 5.92 Å². The SMILES string of the molecule is Cc1nc(N)nc(NC2CC2C)c1[N+](=O)[O-]. The van der Waals surface area contributed by atoms with Gasteiger partial charge in [-0.15, -0.1) is 0 Å². The highest BCUT2D eigenvalue weighted by atomic mass is 16.6. The lowest BCUT2D eigenvalue weighted by molar-refractivity contribution is -0.385. The summed E-state index contributed by atoms with van der Waals surface area (Å²) in [4.78, 5) is 18.1. The van der Waals surface area contributed by atoms with Crippen molar-refractivity contribution in [1.29, 1.82) is 0 Å². The van der Waals surface area contributed by atoms with Crippen molar-refractivity contribution in [2.75, 3.05) is 11.1 Å². The number of nitrogens with two attached hydrogens (primary N) is 1. The van der Waals surface area contributed by atoms with Gasteiger partial charge in [0.1, 0.15) is 5.69 Å². The van der Waals surface area contributed by atoms with E-state index in [1.165, 1.54) is 0 Å². The Morgan fingerprint density at radius 3 is 2.69 bits per heavy atom. The number of hydrogen-bond acceptors (Lipinski definition) is 6. The van der Waals surface area contributed by atoms with Gasteiger partial charge in [0.05, 0.1) is 4.92 Å². The Morgan fingerprint density at radius 2 is 2.19 bits per heavy atom. The molecule has 1 aromatic rings. The van der Waals surface area contributed by atoms with Crippen molar-refractivity contribution in [2.24, 2.45) is 5.92 Å². The average molecular weight is 223 g/mol. The zero-order valence-electron chi connectivity index (χ0n) is 9.10. The monoisotopic (exact) mass is 223 g/mol. The molecule has 0 aromatic carbocycles. The number of nitro groups is 1. The molecule has 2 atom stereocenters. The van der Waals surface area contributed by atoms with Crippen LogP contribution in [-0.2, 0) is 0 Å². The molecule has 16 heavy (non-hydrogen) atoms. The van der Waals surface area contributed by atoms with E-state index in [9.17, 15) is 10.1 Å². The minimum absolute atomic E-state index is 0.0545. The van der Waals surface area contributed by atoms with Crippen LogP contribution in [0.4, 0.5) is 17.5 Å². The quantitative estimate of drug-likeness (QED) is 0.586. The van der Waals surface area contributed by atoms with Crippen LogP contribution in [0.25, 0.3) is 0 Å². The summed E-state index contributed by atoms with van der Waals surface area (Å²) in [5, 5.41) is 13.9. The molecule has 0 aliphatic heterocycles. The van der Waals surface area contributed by atoms with Crippen LogP contribution in [0.3, 0.4) is 0 Å². The van der Waals surface area contributed by atoms with Crippen LogP contribution in [-0.4, -0.2) is 20.9 Å². The standard InChI is InChI=1S/C9H13N5O2/c1-4-3-6(4)12-8-7(14(15)16)5(2)11-9(10)13-8/h4,6H,3H2,1-2H3,(H3,10,11,12,13). The molecule has 2 rings (SSSR count). The summed E-state index contributed by atoms with van der Waals surface area (Å²) in [6.45, 7) is 3.62. The van der Waals surface area contributed by atoms with E-state index in [4.69, 9.17) is 5.73 Å². The fourth-order valence-corrected chi connectivity index (χ4v) is 1.61. The molecule has 0 amide bonds. The number of anilines is 2. The zero-order chi connectivity index (χ0) is 11.9. The largest absolute Gasteiger partial charge is 0.368 e. The van der Waals surface area contributed by atoms with Crippen molar-refractivity contribution in [3.63, 3.8) is 0 Å². The number of rotatable bonds is 3. The fourth-order valence-electron chi connectivity index (χ4n) is 1.61. The number of hydrogen-bond donors (Lipinski definition) is 2. The zero-order valence-corrected chi connectivity index (χ0v) is 9.10. The number of nitrogens with one attached hydrogen (secondary N) is 1. The second-order valence-electron chi connectivity index (χ2n) is 4.09. The van der Waals surface area contributed by atoms with E-state index in [1.807, 2.05) is 0 Å². The molecule has 7 heteroatoms. The summed E-state index contributed by atoms with van der Waals surface area (Å²) in [5.74, 6) is 0.805. The lowest BCUT2D eigenvalue weighted by atomic mass is 10.3. The topological polar surface area (TPSA) is 107 Å². The average Bonchev–Trinajstić information content (AvgIpc) is 2.78. The molecule has 1 aliphatic carbocycles. The smallest absolute Gasteiger partial charge is 0.332 e. The third-order valence-corrected chi connectivity index (χ3v) is 2.69. The van der Waals surface area contributed by atoms with Gasteiger partial charge in [0.15, 0.2) is 0 Å². The molecular formula is C9H13N5O2. The summed E-state index contributed by atoms with van der Waals surface area (Å²) in [5.41, 5.74) is 5.67. The van der Waals surface area contributed by atoms with Crippen molar-refractivity contribution < 1.29 is 4.92 Å². The van der Waals surface area contributed by atoms with Crippen molar-refractivity contribution in [2.45, 2.75) is 26.3 Å². The van der Waals surface area contributed by atoms with Crippen LogP contribution in [0, 0.1) is 23.0 Å². The van der Waals surface area contributed by atoms with Gasteiger partial charge in [-0.25, -0.2) is 4.98 Å². The molecular weight excluding hydrogens is 210 g/mol. The molecule has 7 nitrogen and oxygen atoms in total.